The second kappa shape index (κ2) is 6.18. The molecule has 7 heteroatoms. The van der Waals surface area contributed by atoms with Crippen LogP contribution in [-0.4, -0.2) is 49.2 Å². The van der Waals surface area contributed by atoms with E-state index in [0.29, 0.717) is 23.9 Å². The fourth-order valence-corrected chi connectivity index (χ4v) is 2.28. The normalized spacial score (nSPS) is 20.2. The maximum Gasteiger partial charge on any atom is 0.293 e. The molecular formula is C12H16ClN3O3. The van der Waals surface area contributed by atoms with Crippen molar-refractivity contribution in [2.45, 2.75) is 6.10 Å². The van der Waals surface area contributed by atoms with Crippen molar-refractivity contribution in [3.8, 4) is 0 Å². The Morgan fingerprint density at radius 1 is 1.63 bits per heavy atom. The highest BCUT2D eigenvalue weighted by Gasteiger charge is 2.21. The van der Waals surface area contributed by atoms with E-state index in [1.165, 1.54) is 6.07 Å². The lowest BCUT2D eigenvalue weighted by molar-refractivity contribution is -0.383. The minimum absolute atomic E-state index is 0.00891. The van der Waals surface area contributed by atoms with Crippen LogP contribution in [0.2, 0.25) is 5.02 Å². The van der Waals surface area contributed by atoms with Gasteiger partial charge in [0, 0.05) is 25.7 Å². The van der Waals surface area contributed by atoms with Crippen LogP contribution in [0.4, 0.5) is 11.4 Å². The molecule has 1 unspecified atom stereocenters. The number of ether oxygens (including phenoxy) is 1. The van der Waals surface area contributed by atoms with Gasteiger partial charge < -0.3 is 15.0 Å². The Kier molecular flexibility index (Phi) is 4.57. The number of nitrogens with one attached hydrogen (secondary N) is 1. The van der Waals surface area contributed by atoms with Crippen LogP contribution < -0.4 is 5.32 Å². The number of para-hydroxylation sites is 1. The molecule has 0 aliphatic carbocycles. The van der Waals surface area contributed by atoms with E-state index >= 15 is 0 Å². The van der Waals surface area contributed by atoms with Gasteiger partial charge >= 0.3 is 0 Å². The zero-order valence-corrected chi connectivity index (χ0v) is 11.4. The Balaban J connectivity index is 2.04. The molecule has 6 nitrogen and oxygen atoms in total. The van der Waals surface area contributed by atoms with Crippen molar-refractivity contribution >= 4 is 23.0 Å². The van der Waals surface area contributed by atoms with E-state index in [9.17, 15) is 10.1 Å². The van der Waals surface area contributed by atoms with E-state index < -0.39 is 4.92 Å². The second-order valence-electron chi connectivity index (χ2n) is 4.53. The van der Waals surface area contributed by atoms with Crippen molar-refractivity contribution in [3.05, 3.63) is 33.3 Å². The van der Waals surface area contributed by atoms with Gasteiger partial charge in [0.25, 0.3) is 5.69 Å². The van der Waals surface area contributed by atoms with Gasteiger partial charge in [0.15, 0.2) is 0 Å². The lowest BCUT2D eigenvalue weighted by Gasteiger charge is -2.30. The number of halogens is 1. The van der Waals surface area contributed by atoms with Crippen LogP contribution in [0.1, 0.15) is 0 Å². The number of anilines is 1. The molecule has 0 saturated carbocycles. The van der Waals surface area contributed by atoms with Gasteiger partial charge in [-0.2, -0.15) is 0 Å². The van der Waals surface area contributed by atoms with Gasteiger partial charge in [0.2, 0.25) is 0 Å². The zero-order valence-electron chi connectivity index (χ0n) is 10.6. The van der Waals surface area contributed by atoms with Gasteiger partial charge in [-0.1, -0.05) is 17.7 Å². The first-order chi connectivity index (χ1) is 9.08. The molecule has 0 aromatic heterocycles. The van der Waals surface area contributed by atoms with Crippen LogP contribution in [0.3, 0.4) is 0 Å². The monoisotopic (exact) mass is 285 g/mol. The Hall–Kier alpha value is -1.37. The van der Waals surface area contributed by atoms with Gasteiger partial charge in [-0.15, -0.1) is 0 Å². The van der Waals surface area contributed by atoms with Gasteiger partial charge in [-0.05, 0) is 13.1 Å². The summed E-state index contributed by atoms with van der Waals surface area (Å²) < 4.78 is 5.59. The Morgan fingerprint density at radius 3 is 3.11 bits per heavy atom. The summed E-state index contributed by atoms with van der Waals surface area (Å²) in [7, 11) is 2.02. The predicted molar refractivity (Wildman–Crippen MR) is 73.8 cm³/mol. The molecule has 1 saturated heterocycles. The quantitative estimate of drug-likeness (QED) is 0.677. The third-order valence-electron chi connectivity index (χ3n) is 3.04. The summed E-state index contributed by atoms with van der Waals surface area (Å²) >= 11 is 6.00. The highest BCUT2D eigenvalue weighted by atomic mass is 35.5. The minimum atomic E-state index is -0.442. The number of rotatable bonds is 4. The van der Waals surface area contributed by atoms with Crippen molar-refractivity contribution < 1.29 is 9.66 Å². The van der Waals surface area contributed by atoms with Crippen molar-refractivity contribution in [3.63, 3.8) is 0 Å². The Morgan fingerprint density at radius 2 is 2.42 bits per heavy atom. The first-order valence-corrected chi connectivity index (χ1v) is 6.42. The fourth-order valence-electron chi connectivity index (χ4n) is 2.05. The summed E-state index contributed by atoms with van der Waals surface area (Å²) in [4.78, 5) is 12.7. The molecule has 2 rings (SSSR count). The lowest BCUT2D eigenvalue weighted by Crippen LogP contribution is -2.43. The number of hydrogen-bond donors (Lipinski definition) is 1. The SMILES string of the molecule is CN1CCOC(CNc2c(Cl)cccc2[N+](=O)[O-])C1. The van der Waals surface area contributed by atoms with Crippen LogP contribution in [0.15, 0.2) is 18.2 Å². The van der Waals surface area contributed by atoms with E-state index in [2.05, 4.69) is 10.2 Å². The number of hydrogen-bond acceptors (Lipinski definition) is 5. The maximum absolute atomic E-state index is 10.9. The average molecular weight is 286 g/mol. The molecule has 0 amide bonds. The molecule has 1 aromatic rings. The maximum atomic E-state index is 10.9. The van der Waals surface area contributed by atoms with Crippen molar-refractivity contribution in [1.82, 2.24) is 4.90 Å². The molecule has 1 N–H and O–H groups in total. The Bertz CT molecular complexity index is 470. The van der Waals surface area contributed by atoms with Crippen LogP contribution >= 0.6 is 11.6 Å². The molecule has 104 valence electrons. The highest BCUT2D eigenvalue weighted by Crippen LogP contribution is 2.31. The highest BCUT2D eigenvalue weighted by molar-refractivity contribution is 6.33. The molecule has 1 heterocycles. The van der Waals surface area contributed by atoms with E-state index in [4.69, 9.17) is 16.3 Å². The smallest absolute Gasteiger partial charge is 0.293 e. The summed E-state index contributed by atoms with van der Waals surface area (Å²) in [5.74, 6) is 0. The molecule has 1 atom stereocenters. The van der Waals surface area contributed by atoms with E-state index in [1.54, 1.807) is 12.1 Å². The summed E-state index contributed by atoms with van der Waals surface area (Å²) in [6.45, 7) is 2.87. The number of likely N-dealkylation sites (N-methyl/N-ethyl adjacent to an activating group) is 1. The molecule has 0 bridgehead atoms. The topological polar surface area (TPSA) is 67.6 Å². The van der Waals surface area contributed by atoms with E-state index in [0.717, 1.165) is 13.1 Å². The van der Waals surface area contributed by atoms with Gasteiger partial charge in [0.1, 0.15) is 5.69 Å². The van der Waals surface area contributed by atoms with Crippen LogP contribution in [0.5, 0.6) is 0 Å². The standard InChI is InChI=1S/C12H16ClN3O3/c1-15-5-6-19-9(8-15)7-14-12-10(13)3-2-4-11(12)16(17)18/h2-4,9,14H,5-8H2,1H3. The van der Waals surface area contributed by atoms with Crippen LogP contribution in [-0.2, 0) is 4.74 Å². The van der Waals surface area contributed by atoms with Gasteiger partial charge in [0.05, 0.1) is 22.7 Å². The van der Waals surface area contributed by atoms with Crippen LogP contribution in [0.25, 0.3) is 0 Å². The summed E-state index contributed by atoms with van der Waals surface area (Å²) in [5.41, 5.74) is 0.336. The Labute approximate surface area is 116 Å². The molecule has 0 radical (unpaired) electrons. The number of nitrogens with zero attached hydrogens (tertiary/aromatic N) is 2. The minimum Gasteiger partial charge on any atom is -0.376 e. The third kappa shape index (κ3) is 3.56. The van der Waals surface area contributed by atoms with Crippen LogP contribution in [0, 0.1) is 10.1 Å². The average Bonchev–Trinajstić information content (AvgIpc) is 2.37. The number of benzene rings is 1. The molecular weight excluding hydrogens is 270 g/mol. The predicted octanol–water partition coefficient (Wildman–Crippen LogP) is 1.99. The van der Waals surface area contributed by atoms with Crippen molar-refractivity contribution in [2.24, 2.45) is 0 Å². The summed E-state index contributed by atoms with van der Waals surface area (Å²) in [6.07, 6.45) is 0.00891. The second-order valence-corrected chi connectivity index (χ2v) is 4.93. The molecule has 19 heavy (non-hydrogen) atoms. The largest absolute Gasteiger partial charge is 0.376 e. The van der Waals surface area contributed by atoms with Crippen molar-refractivity contribution in [2.75, 3.05) is 38.6 Å². The number of morpholine rings is 1. The molecule has 0 spiro atoms. The first-order valence-electron chi connectivity index (χ1n) is 6.05. The van der Waals surface area contributed by atoms with Gasteiger partial charge in [-0.25, -0.2) is 0 Å². The third-order valence-corrected chi connectivity index (χ3v) is 3.35. The fraction of sp³-hybridized carbons (Fsp3) is 0.500. The molecule has 1 aliphatic rings. The summed E-state index contributed by atoms with van der Waals surface area (Å²) in [6, 6.07) is 4.63. The molecule has 1 fully saturated rings. The number of nitro benzene ring substituents is 1. The van der Waals surface area contributed by atoms with Gasteiger partial charge in [-0.3, -0.25) is 10.1 Å². The summed E-state index contributed by atoms with van der Waals surface area (Å²) in [5, 5.41) is 14.3. The van der Waals surface area contributed by atoms with Crippen molar-refractivity contribution in [1.29, 1.82) is 0 Å². The first kappa shape index (κ1) is 14.0. The molecule has 1 aromatic carbocycles. The zero-order chi connectivity index (χ0) is 13.8. The lowest BCUT2D eigenvalue weighted by atomic mass is 10.2. The number of nitro groups is 1. The van der Waals surface area contributed by atoms with E-state index in [1.807, 2.05) is 7.05 Å². The molecule has 1 aliphatic heterocycles. The van der Waals surface area contributed by atoms with E-state index in [-0.39, 0.29) is 11.8 Å².